The molecular formula is C26H28N4O2. The van der Waals surface area contributed by atoms with Gasteiger partial charge in [0, 0.05) is 31.8 Å². The monoisotopic (exact) mass is 428 g/mol. The maximum Gasteiger partial charge on any atom is 0.161 e. The molecule has 6 nitrogen and oxygen atoms in total. The summed E-state index contributed by atoms with van der Waals surface area (Å²) >= 11 is 0. The molecule has 2 aliphatic rings. The number of aryl methyl sites for hydroxylation is 1. The Labute approximate surface area is 189 Å². The van der Waals surface area contributed by atoms with Gasteiger partial charge in [0.05, 0.1) is 17.6 Å². The van der Waals surface area contributed by atoms with Crippen LogP contribution in [-0.4, -0.2) is 29.9 Å². The molecule has 0 aromatic heterocycles. The highest BCUT2D eigenvalue weighted by Crippen LogP contribution is 2.45. The van der Waals surface area contributed by atoms with Crippen LogP contribution >= 0.6 is 0 Å². The molecule has 1 aliphatic carbocycles. The van der Waals surface area contributed by atoms with Crippen molar-refractivity contribution in [2.75, 3.05) is 14.1 Å². The predicted molar refractivity (Wildman–Crippen MR) is 123 cm³/mol. The lowest BCUT2D eigenvalue weighted by Crippen LogP contribution is -2.45. The summed E-state index contributed by atoms with van der Waals surface area (Å²) in [5.74, 6) is 0.755. The van der Waals surface area contributed by atoms with E-state index in [9.17, 15) is 10.1 Å². The van der Waals surface area contributed by atoms with Crippen LogP contribution in [-0.2, 0) is 11.4 Å². The van der Waals surface area contributed by atoms with E-state index in [2.05, 4.69) is 25.1 Å². The van der Waals surface area contributed by atoms with Crippen molar-refractivity contribution >= 4 is 5.78 Å². The second-order valence-electron chi connectivity index (χ2n) is 8.42. The number of nitriles is 1. The number of Topliss-reactive ketones (excluding diaryl/α,β-unsaturated/α-hetero) is 1. The quantitative estimate of drug-likeness (QED) is 0.770. The van der Waals surface area contributed by atoms with Gasteiger partial charge in [-0.2, -0.15) is 5.26 Å². The Kier molecular flexibility index (Phi) is 6.02. The van der Waals surface area contributed by atoms with Crippen LogP contribution in [0.3, 0.4) is 0 Å². The van der Waals surface area contributed by atoms with Gasteiger partial charge in [-0.15, -0.1) is 0 Å². The predicted octanol–water partition coefficient (Wildman–Crippen LogP) is 4.15. The second-order valence-corrected chi connectivity index (χ2v) is 8.42. The normalized spacial score (nSPS) is 18.7. The van der Waals surface area contributed by atoms with Crippen LogP contribution in [0.1, 0.15) is 41.9 Å². The third-order valence-electron chi connectivity index (χ3n) is 6.16. The van der Waals surface area contributed by atoms with Crippen LogP contribution < -0.4 is 10.5 Å². The van der Waals surface area contributed by atoms with Crippen molar-refractivity contribution in [1.29, 1.82) is 5.26 Å². The van der Waals surface area contributed by atoms with Crippen LogP contribution in [0.5, 0.6) is 5.75 Å². The summed E-state index contributed by atoms with van der Waals surface area (Å²) in [6.45, 7) is 2.55. The van der Waals surface area contributed by atoms with E-state index in [4.69, 9.17) is 10.5 Å². The Morgan fingerprint density at radius 1 is 1.16 bits per heavy atom. The minimum absolute atomic E-state index is 0.0863. The van der Waals surface area contributed by atoms with Crippen molar-refractivity contribution in [3.63, 3.8) is 0 Å². The van der Waals surface area contributed by atoms with Gasteiger partial charge in [0.2, 0.25) is 0 Å². The third kappa shape index (κ3) is 3.88. The van der Waals surface area contributed by atoms with E-state index in [1.807, 2.05) is 55.5 Å². The number of benzene rings is 2. The Hall–Kier alpha value is -3.56. The maximum absolute atomic E-state index is 13.0. The smallest absolute Gasteiger partial charge is 0.161 e. The summed E-state index contributed by atoms with van der Waals surface area (Å²) in [6.07, 6.45) is 2.04. The van der Waals surface area contributed by atoms with Crippen LogP contribution in [0.2, 0.25) is 0 Å². The van der Waals surface area contributed by atoms with Gasteiger partial charge in [-0.3, -0.25) is 9.80 Å². The molecule has 0 saturated heterocycles. The number of hydrogen-bond acceptors (Lipinski definition) is 6. The fraction of sp³-hybridized carbons (Fsp3) is 0.308. The van der Waals surface area contributed by atoms with E-state index in [1.165, 1.54) is 5.56 Å². The first-order chi connectivity index (χ1) is 15.4. The van der Waals surface area contributed by atoms with E-state index < -0.39 is 5.92 Å². The lowest BCUT2D eigenvalue weighted by Gasteiger charge is -2.42. The molecule has 32 heavy (non-hydrogen) atoms. The van der Waals surface area contributed by atoms with Crippen LogP contribution in [0, 0.1) is 18.3 Å². The number of carbonyl (C=O) groups excluding carboxylic acids is 1. The number of ether oxygens (including phenoxy) is 1. The van der Waals surface area contributed by atoms with E-state index in [-0.39, 0.29) is 5.78 Å². The first-order valence-electron chi connectivity index (χ1n) is 10.8. The molecule has 0 amide bonds. The van der Waals surface area contributed by atoms with Crippen molar-refractivity contribution in [1.82, 2.24) is 10.0 Å². The molecule has 0 saturated carbocycles. The van der Waals surface area contributed by atoms with Crippen LogP contribution in [0.25, 0.3) is 0 Å². The molecule has 1 atom stereocenters. The van der Waals surface area contributed by atoms with Gasteiger partial charge in [-0.05, 0) is 48.6 Å². The summed E-state index contributed by atoms with van der Waals surface area (Å²) in [5, 5.41) is 13.6. The minimum Gasteiger partial charge on any atom is -0.489 e. The van der Waals surface area contributed by atoms with Crippen molar-refractivity contribution in [3.05, 3.63) is 87.9 Å². The molecule has 1 aliphatic heterocycles. The highest BCUT2D eigenvalue weighted by atomic mass is 16.5. The zero-order valence-corrected chi connectivity index (χ0v) is 18.8. The summed E-state index contributed by atoms with van der Waals surface area (Å²) < 4.78 is 5.97. The summed E-state index contributed by atoms with van der Waals surface area (Å²) in [4.78, 5) is 13.0. The Balaban J connectivity index is 1.67. The Bertz CT molecular complexity index is 1140. The van der Waals surface area contributed by atoms with E-state index in [0.717, 1.165) is 35.4 Å². The summed E-state index contributed by atoms with van der Waals surface area (Å²) in [6, 6.07) is 18.1. The summed E-state index contributed by atoms with van der Waals surface area (Å²) in [5.41, 5.74) is 11.6. The van der Waals surface area contributed by atoms with Crippen LogP contribution in [0.4, 0.5) is 0 Å². The van der Waals surface area contributed by atoms with E-state index >= 15 is 0 Å². The molecule has 2 aromatic carbocycles. The largest absolute Gasteiger partial charge is 0.489 e. The average Bonchev–Trinajstić information content (AvgIpc) is 2.78. The SMILES string of the molecule is Cc1ccccc1COc1ccc(C2C(C#N)=C(N)N(N(C)C)C3=C2C(=O)CCC3)cc1. The molecular weight excluding hydrogens is 400 g/mol. The average molecular weight is 429 g/mol. The van der Waals surface area contributed by atoms with Gasteiger partial charge in [0.1, 0.15) is 18.2 Å². The molecule has 2 aromatic rings. The molecule has 164 valence electrons. The highest BCUT2D eigenvalue weighted by molar-refractivity contribution is 5.99. The third-order valence-corrected chi connectivity index (χ3v) is 6.16. The second kappa shape index (κ2) is 8.89. The number of rotatable bonds is 5. The number of allylic oxidation sites excluding steroid dienone is 3. The van der Waals surface area contributed by atoms with Crippen LogP contribution in [0.15, 0.2) is 71.2 Å². The topological polar surface area (TPSA) is 82.6 Å². The first-order valence-corrected chi connectivity index (χ1v) is 10.8. The molecule has 6 heteroatoms. The molecule has 0 fully saturated rings. The van der Waals surface area contributed by atoms with E-state index in [1.54, 1.807) is 5.01 Å². The minimum atomic E-state index is -0.454. The number of nitrogens with two attached hydrogens (primary N) is 1. The fourth-order valence-electron chi connectivity index (χ4n) is 4.55. The zero-order valence-electron chi connectivity index (χ0n) is 18.8. The number of nitrogens with zero attached hydrogens (tertiary/aromatic N) is 3. The number of hydrazine groups is 1. The molecule has 0 spiro atoms. The van der Waals surface area contributed by atoms with E-state index in [0.29, 0.717) is 30.0 Å². The van der Waals surface area contributed by atoms with Gasteiger partial charge in [-0.1, -0.05) is 36.4 Å². The maximum atomic E-state index is 13.0. The molecule has 1 heterocycles. The van der Waals surface area contributed by atoms with Gasteiger partial charge in [0.25, 0.3) is 0 Å². The van der Waals surface area contributed by atoms with Gasteiger partial charge >= 0.3 is 0 Å². The molecule has 4 rings (SSSR count). The zero-order chi connectivity index (χ0) is 22.8. The Morgan fingerprint density at radius 2 is 1.88 bits per heavy atom. The number of carbonyl (C=O) groups is 1. The number of hydrogen-bond donors (Lipinski definition) is 1. The lowest BCUT2D eigenvalue weighted by atomic mass is 9.76. The highest BCUT2D eigenvalue weighted by Gasteiger charge is 2.40. The van der Waals surface area contributed by atoms with Gasteiger partial charge in [0.15, 0.2) is 5.78 Å². The van der Waals surface area contributed by atoms with Crippen molar-refractivity contribution in [3.8, 4) is 11.8 Å². The first kappa shape index (κ1) is 21.7. The fourth-order valence-corrected chi connectivity index (χ4v) is 4.55. The van der Waals surface area contributed by atoms with Crippen molar-refractivity contribution < 1.29 is 9.53 Å². The van der Waals surface area contributed by atoms with Gasteiger partial charge < -0.3 is 10.5 Å². The van der Waals surface area contributed by atoms with Crippen molar-refractivity contribution in [2.45, 2.75) is 38.7 Å². The molecule has 2 N–H and O–H groups in total. The molecule has 0 bridgehead atoms. The molecule has 0 radical (unpaired) electrons. The number of ketones is 1. The Morgan fingerprint density at radius 3 is 2.53 bits per heavy atom. The summed E-state index contributed by atoms with van der Waals surface area (Å²) in [7, 11) is 3.74. The van der Waals surface area contributed by atoms with Gasteiger partial charge in [-0.25, -0.2) is 5.01 Å². The molecule has 1 unspecified atom stereocenters. The standard InChI is InChI=1S/C26H28N4O2/c1-17-7-4-5-8-19(17)16-32-20-13-11-18(12-14-20)24-21(15-27)26(28)30(29(2)3)22-9-6-10-23(31)25(22)24/h4-5,7-8,11-14,24H,6,9-10,16,28H2,1-3H3. The lowest BCUT2D eigenvalue weighted by molar-refractivity contribution is -0.116. The van der Waals surface area contributed by atoms with Crippen molar-refractivity contribution in [2.24, 2.45) is 5.73 Å².